The van der Waals surface area contributed by atoms with E-state index in [1.807, 2.05) is 18.3 Å². The Morgan fingerprint density at radius 2 is 1.92 bits per heavy atom. The molecule has 0 aliphatic carbocycles. The maximum Gasteiger partial charge on any atom is 0.263 e. The SMILES string of the molecule is O=S(=O)(Nc1ccccc1-c1cn2c(n1)SCC2)c1cccc(Cl)c1Cl. The highest BCUT2D eigenvalue weighted by Gasteiger charge is 2.22. The van der Waals surface area contributed by atoms with Crippen LogP contribution in [0.15, 0.2) is 58.7 Å². The van der Waals surface area contributed by atoms with E-state index in [1.54, 1.807) is 36.0 Å². The van der Waals surface area contributed by atoms with Crippen LogP contribution >= 0.6 is 35.0 Å². The van der Waals surface area contributed by atoms with Gasteiger partial charge >= 0.3 is 0 Å². The predicted molar refractivity (Wildman–Crippen MR) is 106 cm³/mol. The molecule has 4 rings (SSSR count). The summed E-state index contributed by atoms with van der Waals surface area (Å²) in [5, 5.41) is 1.12. The molecule has 0 saturated carbocycles. The topological polar surface area (TPSA) is 64.0 Å². The molecular weight excluding hydrogens is 413 g/mol. The standard InChI is InChI=1S/C17H13Cl2N3O2S2/c18-12-5-3-7-15(16(12)19)26(23,24)21-13-6-2-1-4-11(13)14-10-22-8-9-25-17(22)20-14/h1-7,10,21H,8-9H2. The zero-order valence-corrected chi connectivity index (χ0v) is 16.5. The van der Waals surface area contributed by atoms with Gasteiger partial charge in [0.2, 0.25) is 0 Å². The normalized spacial score (nSPS) is 13.6. The number of anilines is 1. The lowest BCUT2D eigenvalue weighted by atomic mass is 10.1. The highest BCUT2D eigenvalue weighted by molar-refractivity contribution is 7.99. The van der Waals surface area contributed by atoms with Gasteiger partial charge in [0, 0.05) is 24.1 Å². The molecule has 2 aromatic carbocycles. The number of sulfonamides is 1. The number of nitrogens with zero attached hydrogens (tertiary/aromatic N) is 2. The number of aromatic nitrogens is 2. The lowest BCUT2D eigenvalue weighted by Gasteiger charge is -2.13. The molecule has 1 N–H and O–H groups in total. The van der Waals surface area contributed by atoms with Crippen molar-refractivity contribution < 1.29 is 8.42 Å². The third kappa shape index (κ3) is 3.20. The van der Waals surface area contributed by atoms with Crippen LogP contribution in [-0.4, -0.2) is 23.7 Å². The molecule has 1 aromatic heterocycles. The van der Waals surface area contributed by atoms with Gasteiger partial charge in [0.25, 0.3) is 10.0 Å². The van der Waals surface area contributed by atoms with Crippen LogP contribution in [0.25, 0.3) is 11.3 Å². The molecule has 3 aromatic rings. The second-order valence-electron chi connectivity index (χ2n) is 5.65. The summed E-state index contributed by atoms with van der Waals surface area (Å²) in [6.45, 7) is 0.902. The Labute approximate surface area is 165 Å². The minimum atomic E-state index is -3.90. The van der Waals surface area contributed by atoms with Crippen molar-refractivity contribution in [2.24, 2.45) is 0 Å². The molecule has 1 aliphatic heterocycles. The summed E-state index contributed by atoms with van der Waals surface area (Å²) in [7, 11) is -3.90. The summed E-state index contributed by atoms with van der Waals surface area (Å²) >= 11 is 13.7. The highest BCUT2D eigenvalue weighted by Crippen LogP contribution is 2.35. The van der Waals surface area contributed by atoms with Gasteiger partial charge in [-0.15, -0.1) is 0 Å². The largest absolute Gasteiger partial charge is 0.325 e. The predicted octanol–water partition coefficient (Wildman–Crippen LogP) is 4.76. The molecule has 0 saturated heterocycles. The molecular formula is C17H13Cl2N3O2S2. The van der Waals surface area contributed by atoms with E-state index >= 15 is 0 Å². The van der Waals surface area contributed by atoms with Crippen LogP contribution < -0.4 is 4.72 Å². The van der Waals surface area contributed by atoms with E-state index in [1.165, 1.54) is 6.07 Å². The Hall–Kier alpha value is -1.67. The zero-order chi connectivity index (χ0) is 18.3. The van der Waals surface area contributed by atoms with Gasteiger partial charge in [-0.25, -0.2) is 13.4 Å². The smallest absolute Gasteiger partial charge is 0.263 e. The van der Waals surface area contributed by atoms with E-state index in [0.29, 0.717) is 11.3 Å². The Balaban J connectivity index is 1.74. The molecule has 0 fully saturated rings. The Bertz CT molecular complexity index is 1080. The second-order valence-corrected chi connectivity index (χ2v) is 9.15. The van der Waals surface area contributed by atoms with Gasteiger partial charge in [0.15, 0.2) is 5.16 Å². The average Bonchev–Trinajstić information content (AvgIpc) is 3.19. The third-order valence-electron chi connectivity index (χ3n) is 3.96. The van der Waals surface area contributed by atoms with Gasteiger partial charge in [0.05, 0.1) is 21.4 Å². The second kappa shape index (κ2) is 6.81. The minimum absolute atomic E-state index is 0.00323. The fourth-order valence-electron chi connectivity index (χ4n) is 2.73. The molecule has 2 heterocycles. The van der Waals surface area contributed by atoms with Crippen molar-refractivity contribution in [1.29, 1.82) is 0 Å². The number of hydrogen-bond donors (Lipinski definition) is 1. The Morgan fingerprint density at radius 3 is 2.73 bits per heavy atom. The molecule has 1 aliphatic rings. The third-order valence-corrected chi connectivity index (χ3v) is 7.27. The van der Waals surface area contributed by atoms with Crippen molar-refractivity contribution in [1.82, 2.24) is 9.55 Å². The summed E-state index contributed by atoms with van der Waals surface area (Å²) in [4.78, 5) is 4.53. The van der Waals surface area contributed by atoms with Crippen LogP contribution in [0.3, 0.4) is 0 Å². The molecule has 0 atom stereocenters. The van der Waals surface area contributed by atoms with E-state index in [4.69, 9.17) is 23.2 Å². The van der Waals surface area contributed by atoms with Crippen molar-refractivity contribution in [3.05, 3.63) is 58.7 Å². The number of benzene rings is 2. The van der Waals surface area contributed by atoms with E-state index in [0.717, 1.165) is 23.1 Å². The van der Waals surface area contributed by atoms with Gasteiger partial charge in [-0.2, -0.15) is 0 Å². The highest BCUT2D eigenvalue weighted by atomic mass is 35.5. The summed E-state index contributed by atoms with van der Waals surface area (Å²) in [5.74, 6) is 1.00. The number of hydrogen-bond acceptors (Lipinski definition) is 4. The summed E-state index contributed by atoms with van der Waals surface area (Å²) < 4.78 is 30.3. The van der Waals surface area contributed by atoms with Crippen molar-refractivity contribution in [2.45, 2.75) is 16.6 Å². The molecule has 26 heavy (non-hydrogen) atoms. The van der Waals surface area contributed by atoms with Gasteiger partial charge in [0.1, 0.15) is 4.90 Å². The van der Waals surface area contributed by atoms with Gasteiger partial charge < -0.3 is 4.57 Å². The molecule has 0 amide bonds. The monoisotopic (exact) mass is 425 g/mol. The summed E-state index contributed by atoms with van der Waals surface area (Å²) in [6.07, 6.45) is 1.94. The first-order valence-electron chi connectivity index (χ1n) is 7.72. The van der Waals surface area contributed by atoms with Gasteiger partial charge in [-0.3, -0.25) is 4.72 Å². The number of nitrogens with one attached hydrogen (secondary N) is 1. The quantitative estimate of drug-likeness (QED) is 0.653. The Morgan fingerprint density at radius 1 is 1.12 bits per heavy atom. The lowest BCUT2D eigenvalue weighted by Crippen LogP contribution is -2.14. The average molecular weight is 426 g/mol. The van der Waals surface area contributed by atoms with Crippen LogP contribution in [0.5, 0.6) is 0 Å². The Kier molecular flexibility index (Phi) is 4.64. The van der Waals surface area contributed by atoms with E-state index in [2.05, 4.69) is 14.3 Å². The van der Waals surface area contributed by atoms with Crippen molar-refractivity contribution in [3.63, 3.8) is 0 Å². The van der Waals surface area contributed by atoms with E-state index < -0.39 is 10.0 Å². The molecule has 5 nitrogen and oxygen atoms in total. The van der Waals surface area contributed by atoms with Gasteiger partial charge in [-0.05, 0) is 18.2 Å². The molecule has 0 spiro atoms. The number of aryl methyl sites for hydroxylation is 1. The van der Waals surface area contributed by atoms with Crippen LogP contribution in [-0.2, 0) is 16.6 Å². The minimum Gasteiger partial charge on any atom is -0.325 e. The van der Waals surface area contributed by atoms with Crippen LogP contribution in [0.1, 0.15) is 0 Å². The number of fused-ring (bicyclic) bond motifs is 1. The number of para-hydroxylation sites is 1. The van der Waals surface area contributed by atoms with E-state index in [9.17, 15) is 8.42 Å². The van der Waals surface area contributed by atoms with Crippen molar-refractivity contribution in [2.75, 3.05) is 10.5 Å². The number of thioether (sulfide) groups is 1. The number of halogens is 2. The van der Waals surface area contributed by atoms with Crippen molar-refractivity contribution in [3.8, 4) is 11.3 Å². The number of imidazole rings is 1. The summed E-state index contributed by atoms with van der Waals surface area (Å²) in [5.41, 5.74) is 1.87. The molecule has 9 heteroatoms. The van der Waals surface area contributed by atoms with Crippen LogP contribution in [0.2, 0.25) is 10.0 Å². The molecule has 0 bridgehead atoms. The van der Waals surface area contributed by atoms with E-state index in [-0.39, 0.29) is 14.9 Å². The maximum atomic E-state index is 12.8. The maximum absolute atomic E-state index is 12.8. The number of rotatable bonds is 4. The molecule has 0 radical (unpaired) electrons. The summed E-state index contributed by atoms with van der Waals surface area (Å²) in [6, 6.07) is 11.6. The molecule has 134 valence electrons. The van der Waals surface area contributed by atoms with Crippen molar-refractivity contribution >= 4 is 50.7 Å². The molecule has 0 unspecified atom stereocenters. The fourth-order valence-corrected chi connectivity index (χ4v) is 5.51. The first-order valence-corrected chi connectivity index (χ1v) is 10.9. The first-order chi connectivity index (χ1) is 12.5. The lowest BCUT2D eigenvalue weighted by molar-refractivity contribution is 0.601. The zero-order valence-electron chi connectivity index (χ0n) is 13.3. The first kappa shape index (κ1) is 17.7. The fraction of sp³-hybridized carbons (Fsp3) is 0.118. The van der Waals surface area contributed by atoms with Gasteiger partial charge in [-0.1, -0.05) is 59.2 Å². The van der Waals surface area contributed by atoms with Crippen LogP contribution in [0, 0.1) is 0 Å². The van der Waals surface area contributed by atoms with Crippen LogP contribution in [0.4, 0.5) is 5.69 Å².